The quantitative estimate of drug-likeness (QED) is 0.632. The first-order chi connectivity index (χ1) is 9.67. The normalized spacial score (nSPS) is 56.2. The monoisotopic (exact) mass is 272 g/mol. The van der Waals surface area contributed by atoms with Crippen molar-refractivity contribution in [1.29, 1.82) is 0 Å². The summed E-state index contributed by atoms with van der Waals surface area (Å²) in [4.78, 5) is 11.9. The molecule has 2 heteroatoms. The molecule has 4 aliphatic carbocycles. The molecular weight excluding hydrogens is 248 g/mol. The maximum atomic E-state index is 11.9. The molecule has 7 atom stereocenters. The van der Waals surface area contributed by atoms with Crippen molar-refractivity contribution in [3.8, 4) is 0 Å². The van der Waals surface area contributed by atoms with E-state index in [9.17, 15) is 4.79 Å². The summed E-state index contributed by atoms with van der Waals surface area (Å²) in [7, 11) is 0. The molecule has 5 rings (SSSR count). The number of carbonyl (C=O) groups is 1. The Labute approximate surface area is 120 Å². The van der Waals surface area contributed by atoms with Crippen LogP contribution in [0.2, 0.25) is 0 Å². The van der Waals surface area contributed by atoms with Gasteiger partial charge in [-0.05, 0) is 67.8 Å². The fraction of sp³-hybridized carbons (Fsp3) is 0.833. The molecule has 3 saturated carbocycles. The van der Waals surface area contributed by atoms with Gasteiger partial charge >= 0.3 is 0 Å². The molecule has 0 bridgehead atoms. The van der Waals surface area contributed by atoms with E-state index >= 15 is 0 Å². The average molecular weight is 272 g/mol. The van der Waals surface area contributed by atoms with Crippen LogP contribution in [0.1, 0.15) is 51.9 Å². The van der Waals surface area contributed by atoms with Crippen molar-refractivity contribution in [2.24, 2.45) is 29.1 Å². The summed E-state index contributed by atoms with van der Waals surface area (Å²) in [5, 5.41) is 0. The first-order valence-corrected chi connectivity index (χ1v) is 8.57. The predicted molar refractivity (Wildman–Crippen MR) is 76.1 cm³/mol. The van der Waals surface area contributed by atoms with E-state index in [0.29, 0.717) is 11.3 Å². The second kappa shape index (κ2) is 3.76. The highest BCUT2D eigenvalue weighted by molar-refractivity contribution is 5.97. The van der Waals surface area contributed by atoms with E-state index in [0.717, 1.165) is 24.2 Å². The van der Waals surface area contributed by atoms with Crippen molar-refractivity contribution in [3.63, 3.8) is 0 Å². The van der Waals surface area contributed by atoms with E-state index in [-0.39, 0.29) is 18.0 Å². The van der Waals surface area contributed by atoms with Gasteiger partial charge in [0.1, 0.15) is 6.10 Å². The van der Waals surface area contributed by atoms with Crippen LogP contribution < -0.4 is 0 Å². The summed E-state index contributed by atoms with van der Waals surface area (Å²) < 4.78 is 5.74. The number of hydrogen-bond donors (Lipinski definition) is 0. The van der Waals surface area contributed by atoms with Crippen LogP contribution in [0.15, 0.2) is 11.6 Å². The molecule has 0 aromatic heterocycles. The Morgan fingerprint density at radius 2 is 2.10 bits per heavy atom. The number of ether oxygens (including phenoxy) is 1. The van der Waals surface area contributed by atoms with Crippen molar-refractivity contribution in [2.45, 2.75) is 64.1 Å². The lowest BCUT2D eigenvalue weighted by atomic mass is 9.52. The summed E-state index contributed by atoms with van der Waals surface area (Å²) >= 11 is 0. The van der Waals surface area contributed by atoms with Gasteiger partial charge in [0.05, 0.1) is 6.10 Å². The Balaban J connectivity index is 1.50. The molecule has 20 heavy (non-hydrogen) atoms. The number of epoxide rings is 1. The highest BCUT2D eigenvalue weighted by Crippen LogP contribution is 2.63. The Kier molecular flexibility index (Phi) is 2.25. The van der Waals surface area contributed by atoms with Gasteiger partial charge < -0.3 is 4.74 Å². The highest BCUT2D eigenvalue weighted by Gasteiger charge is 2.60. The minimum Gasteiger partial charge on any atom is -0.360 e. The zero-order chi connectivity index (χ0) is 13.5. The molecule has 4 fully saturated rings. The van der Waals surface area contributed by atoms with Crippen molar-refractivity contribution in [1.82, 2.24) is 0 Å². The van der Waals surface area contributed by atoms with Gasteiger partial charge in [-0.3, -0.25) is 4.79 Å². The van der Waals surface area contributed by atoms with Gasteiger partial charge in [0, 0.05) is 5.92 Å². The van der Waals surface area contributed by atoms with Crippen LogP contribution >= 0.6 is 0 Å². The Hall–Kier alpha value is -0.630. The molecular formula is C18H24O2. The molecule has 2 nitrogen and oxygen atoms in total. The summed E-state index contributed by atoms with van der Waals surface area (Å²) in [6.45, 7) is 2.55. The molecule has 1 saturated heterocycles. The van der Waals surface area contributed by atoms with Gasteiger partial charge in [0.25, 0.3) is 0 Å². The average Bonchev–Trinajstić information content (AvgIpc) is 3.14. The number of rotatable bonds is 0. The van der Waals surface area contributed by atoms with Crippen molar-refractivity contribution in [3.05, 3.63) is 11.6 Å². The van der Waals surface area contributed by atoms with E-state index in [1.54, 1.807) is 0 Å². The van der Waals surface area contributed by atoms with E-state index in [4.69, 9.17) is 4.74 Å². The third-order valence-electron chi connectivity index (χ3n) is 7.42. The molecule has 1 aliphatic heterocycles. The molecule has 1 heterocycles. The standard InChI is InChI=1S/C18H24O2/c1-18-7-2-3-13(18)11-5-4-10-9-14(19)16-17(20-16)15(10)12(11)6-8-18/h9,11-13,15-17H,2-8H2,1H3/t11-,12+,13+,15+,16?,17?,18+/m1/s1. The summed E-state index contributed by atoms with van der Waals surface area (Å²) in [6, 6.07) is 0. The van der Waals surface area contributed by atoms with E-state index in [2.05, 4.69) is 6.92 Å². The van der Waals surface area contributed by atoms with Crippen LogP contribution in [0.25, 0.3) is 0 Å². The summed E-state index contributed by atoms with van der Waals surface area (Å²) in [6.07, 6.45) is 11.8. The zero-order valence-electron chi connectivity index (χ0n) is 12.3. The van der Waals surface area contributed by atoms with Gasteiger partial charge in [-0.15, -0.1) is 0 Å². The SMILES string of the molecule is C[C@@]12CCC[C@H]1[C@@H]1CCC3=CC(=O)C4OC4[C@@H]3[C@H]1CC2. The first-order valence-electron chi connectivity index (χ1n) is 8.57. The minimum atomic E-state index is -0.0561. The van der Waals surface area contributed by atoms with Gasteiger partial charge in [-0.1, -0.05) is 18.9 Å². The molecule has 0 spiro atoms. The molecule has 0 amide bonds. The maximum Gasteiger partial charge on any atom is 0.187 e. The Bertz CT molecular complexity index is 508. The van der Waals surface area contributed by atoms with E-state index in [1.807, 2.05) is 6.08 Å². The lowest BCUT2D eigenvalue weighted by Crippen LogP contribution is -2.46. The second-order valence-electron chi connectivity index (χ2n) is 8.23. The number of carbonyl (C=O) groups excluding carboxylic acids is 1. The maximum absolute atomic E-state index is 11.9. The summed E-state index contributed by atoms with van der Waals surface area (Å²) in [5.41, 5.74) is 2.08. The van der Waals surface area contributed by atoms with E-state index < -0.39 is 0 Å². The second-order valence-corrected chi connectivity index (χ2v) is 8.23. The lowest BCUT2D eigenvalue weighted by Gasteiger charge is -2.52. The van der Waals surface area contributed by atoms with Crippen molar-refractivity contribution in [2.75, 3.05) is 0 Å². The van der Waals surface area contributed by atoms with Gasteiger partial charge in [-0.25, -0.2) is 0 Å². The number of ketones is 1. The number of hydrogen-bond acceptors (Lipinski definition) is 2. The summed E-state index contributed by atoms with van der Waals surface area (Å²) in [5.74, 6) is 3.53. The molecule has 108 valence electrons. The largest absolute Gasteiger partial charge is 0.360 e. The van der Waals surface area contributed by atoms with Crippen LogP contribution in [-0.2, 0) is 9.53 Å². The third kappa shape index (κ3) is 1.41. The van der Waals surface area contributed by atoms with Crippen LogP contribution in [0, 0.1) is 29.1 Å². The van der Waals surface area contributed by atoms with Gasteiger partial charge in [0.2, 0.25) is 0 Å². The minimum absolute atomic E-state index is 0.0561. The molecule has 0 aromatic rings. The lowest BCUT2D eigenvalue weighted by molar-refractivity contribution is -0.116. The van der Waals surface area contributed by atoms with Crippen LogP contribution in [0.4, 0.5) is 0 Å². The molecule has 0 N–H and O–H groups in total. The fourth-order valence-electron chi connectivity index (χ4n) is 6.46. The third-order valence-corrected chi connectivity index (χ3v) is 7.42. The fourth-order valence-corrected chi connectivity index (χ4v) is 6.46. The van der Waals surface area contributed by atoms with Crippen LogP contribution in [0.3, 0.4) is 0 Å². The van der Waals surface area contributed by atoms with Crippen molar-refractivity contribution < 1.29 is 9.53 Å². The van der Waals surface area contributed by atoms with Gasteiger partial charge in [0.15, 0.2) is 5.78 Å². The topological polar surface area (TPSA) is 29.6 Å². The highest BCUT2D eigenvalue weighted by atomic mass is 16.6. The first kappa shape index (κ1) is 12.0. The molecule has 2 unspecified atom stereocenters. The van der Waals surface area contributed by atoms with E-state index in [1.165, 1.54) is 44.1 Å². The molecule has 0 aromatic carbocycles. The van der Waals surface area contributed by atoms with Crippen LogP contribution in [-0.4, -0.2) is 18.0 Å². The Morgan fingerprint density at radius 3 is 3.00 bits per heavy atom. The Morgan fingerprint density at radius 1 is 1.20 bits per heavy atom. The predicted octanol–water partition coefficient (Wildman–Crippen LogP) is 3.51. The van der Waals surface area contributed by atoms with Crippen molar-refractivity contribution >= 4 is 5.78 Å². The zero-order valence-corrected chi connectivity index (χ0v) is 12.3. The number of fused-ring (bicyclic) bond motifs is 7. The van der Waals surface area contributed by atoms with Crippen LogP contribution in [0.5, 0.6) is 0 Å². The smallest absolute Gasteiger partial charge is 0.187 e. The molecule has 5 aliphatic rings. The van der Waals surface area contributed by atoms with Gasteiger partial charge in [-0.2, -0.15) is 0 Å². The molecule has 0 radical (unpaired) electrons.